The molecule has 1 aliphatic heterocycles. The molecule has 1 aliphatic rings. The quantitative estimate of drug-likeness (QED) is 0.779. The van der Waals surface area contributed by atoms with Crippen molar-refractivity contribution in [1.82, 2.24) is 10.3 Å². The fourth-order valence-electron chi connectivity index (χ4n) is 2.26. The molecule has 1 aromatic heterocycles. The molecule has 1 saturated heterocycles. The first kappa shape index (κ1) is 18.1. The van der Waals surface area contributed by atoms with E-state index in [1.807, 2.05) is 50.1 Å². The monoisotopic (exact) mass is 373 g/mol. The van der Waals surface area contributed by atoms with Crippen LogP contribution in [-0.4, -0.2) is 35.5 Å². The third-order valence-electron chi connectivity index (χ3n) is 3.87. The summed E-state index contributed by atoms with van der Waals surface area (Å²) < 4.78 is 11.3. The van der Waals surface area contributed by atoms with Gasteiger partial charge in [-0.2, -0.15) is 4.98 Å². The van der Waals surface area contributed by atoms with Crippen molar-refractivity contribution >= 4 is 34.2 Å². The Bertz CT molecular complexity index is 838. The number of aryl methyl sites for hydroxylation is 2. The van der Waals surface area contributed by atoms with Gasteiger partial charge in [-0.05, 0) is 37.6 Å². The predicted molar refractivity (Wildman–Crippen MR) is 100 cm³/mol. The lowest BCUT2D eigenvalue weighted by molar-refractivity contribution is -0.107. The van der Waals surface area contributed by atoms with Crippen LogP contribution < -0.4 is 15.0 Å². The van der Waals surface area contributed by atoms with Gasteiger partial charge in [0.25, 0.3) is 11.3 Å². The van der Waals surface area contributed by atoms with Crippen molar-refractivity contribution in [2.24, 2.45) is 0 Å². The van der Waals surface area contributed by atoms with Crippen molar-refractivity contribution in [3.63, 3.8) is 0 Å². The minimum atomic E-state index is -0.346. The number of hydrogen-bond acceptors (Lipinski definition) is 7. The molecule has 26 heavy (non-hydrogen) atoms. The number of amides is 1. The molecule has 0 spiro atoms. The molecule has 136 valence electrons. The molecule has 3 rings (SSSR count). The van der Waals surface area contributed by atoms with Gasteiger partial charge in [0.2, 0.25) is 5.12 Å². The number of nitrogens with one attached hydrogen (secondary N) is 1. The summed E-state index contributed by atoms with van der Waals surface area (Å²) in [7, 11) is 1.90. The fourth-order valence-corrected chi connectivity index (χ4v) is 2.81. The third kappa shape index (κ3) is 4.26. The van der Waals surface area contributed by atoms with E-state index in [0.29, 0.717) is 36.6 Å². The number of carbonyl (C=O) groups excluding carboxylic acids is 2. The summed E-state index contributed by atoms with van der Waals surface area (Å²) >= 11 is 0.666. The maximum atomic E-state index is 11.6. The zero-order valence-electron chi connectivity index (χ0n) is 14.7. The Morgan fingerprint density at radius 1 is 1.27 bits per heavy atom. The highest BCUT2D eigenvalue weighted by Gasteiger charge is 2.25. The van der Waals surface area contributed by atoms with Crippen LogP contribution in [0.5, 0.6) is 5.75 Å². The summed E-state index contributed by atoms with van der Waals surface area (Å²) in [5.74, 6) is 1.53. The van der Waals surface area contributed by atoms with Crippen molar-refractivity contribution in [2.45, 2.75) is 13.8 Å². The van der Waals surface area contributed by atoms with Gasteiger partial charge in [-0.1, -0.05) is 12.1 Å². The molecule has 1 fully saturated rings. The molecule has 8 heteroatoms. The number of oxazole rings is 1. The van der Waals surface area contributed by atoms with Crippen LogP contribution in [0.2, 0.25) is 0 Å². The van der Waals surface area contributed by atoms with Crippen LogP contribution in [0.15, 0.2) is 34.4 Å². The minimum absolute atomic E-state index is 0.268. The lowest BCUT2D eigenvalue weighted by Gasteiger charge is -2.15. The van der Waals surface area contributed by atoms with Gasteiger partial charge in [0, 0.05) is 18.8 Å². The fraction of sp³-hybridized carbons (Fsp3) is 0.278. The highest BCUT2D eigenvalue weighted by molar-refractivity contribution is 8.27. The van der Waals surface area contributed by atoms with Crippen LogP contribution in [-0.2, 0) is 4.79 Å². The maximum Gasteiger partial charge on any atom is 0.297 e. The van der Waals surface area contributed by atoms with E-state index in [4.69, 9.17) is 9.15 Å². The van der Waals surface area contributed by atoms with E-state index in [0.717, 1.165) is 22.8 Å². The molecule has 0 saturated carbocycles. The zero-order chi connectivity index (χ0) is 18.7. The van der Waals surface area contributed by atoms with Gasteiger partial charge in [-0.3, -0.25) is 9.59 Å². The van der Waals surface area contributed by atoms with Gasteiger partial charge in [0.1, 0.15) is 18.1 Å². The van der Waals surface area contributed by atoms with E-state index in [1.54, 1.807) is 6.08 Å². The summed E-state index contributed by atoms with van der Waals surface area (Å²) in [4.78, 5) is 29.0. The number of rotatable bonds is 6. The second-order valence-electron chi connectivity index (χ2n) is 5.84. The Labute approximate surface area is 155 Å². The van der Waals surface area contributed by atoms with E-state index >= 15 is 0 Å². The molecule has 7 nitrogen and oxygen atoms in total. The zero-order valence-corrected chi connectivity index (χ0v) is 15.6. The van der Waals surface area contributed by atoms with Crippen LogP contribution in [0.3, 0.4) is 0 Å². The van der Waals surface area contributed by atoms with Gasteiger partial charge in [-0.15, -0.1) is 0 Å². The number of benzene rings is 1. The average Bonchev–Trinajstić information content (AvgIpc) is 3.10. The summed E-state index contributed by atoms with van der Waals surface area (Å²) in [6.45, 7) is 4.90. The number of hydrogen-bond donors (Lipinski definition) is 1. The van der Waals surface area contributed by atoms with Gasteiger partial charge in [0.05, 0.1) is 17.9 Å². The molecule has 0 radical (unpaired) electrons. The number of anilines is 1. The lowest BCUT2D eigenvalue weighted by Crippen LogP contribution is -2.24. The number of thioether (sulfide) groups is 1. The van der Waals surface area contributed by atoms with Gasteiger partial charge >= 0.3 is 0 Å². The lowest BCUT2D eigenvalue weighted by atomic mass is 10.2. The summed E-state index contributed by atoms with van der Waals surface area (Å²) in [6.07, 6.45) is 1.64. The number of likely N-dealkylation sites (N-methyl/N-ethyl adjacent to an activating group) is 1. The van der Waals surface area contributed by atoms with E-state index < -0.39 is 0 Å². The van der Waals surface area contributed by atoms with Gasteiger partial charge < -0.3 is 19.4 Å². The topological polar surface area (TPSA) is 84.7 Å². The molecular weight excluding hydrogens is 354 g/mol. The molecule has 0 aliphatic carbocycles. The maximum absolute atomic E-state index is 11.6. The molecule has 0 atom stereocenters. The second kappa shape index (κ2) is 7.65. The first-order valence-corrected chi connectivity index (χ1v) is 8.87. The van der Waals surface area contributed by atoms with Gasteiger partial charge in [0.15, 0.2) is 0 Å². The molecule has 1 amide bonds. The molecule has 0 unspecified atom stereocenters. The van der Waals surface area contributed by atoms with E-state index in [2.05, 4.69) is 10.3 Å². The third-order valence-corrected chi connectivity index (χ3v) is 4.57. The van der Waals surface area contributed by atoms with Crippen LogP contribution >= 0.6 is 11.8 Å². The standard InChI is InChI=1S/C18H19N3O4S/c1-11-12(2)25-17(19-11)21(3)8-9-24-14-6-4-13(5-7-14)10-15-16(22)26-18(23)20-15/h4-7,10H,8-9H2,1-3H3,(H,20,23). The number of nitrogens with zero attached hydrogens (tertiary/aromatic N) is 2. The van der Waals surface area contributed by atoms with Crippen molar-refractivity contribution in [3.05, 3.63) is 47.0 Å². The predicted octanol–water partition coefficient (Wildman–Crippen LogP) is 3.13. The minimum Gasteiger partial charge on any atom is -0.492 e. The van der Waals surface area contributed by atoms with Gasteiger partial charge in [-0.25, -0.2) is 0 Å². The van der Waals surface area contributed by atoms with Crippen molar-refractivity contribution in [1.29, 1.82) is 0 Å². The molecule has 0 bridgehead atoms. The van der Waals surface area contributed by atoms with Crippen LogP contribution in [0.25, 0.3) is 6.08 Å². The van der Waals surface area contributed by atoms with E-state index in [-0.39, 0.29) is 10.4 Å². The Balaban J connectivity index is 1.52. The Kier molecular flexibility index (Phi) is 5.32. The molecule has 2 aromatic rings. The molecule has 2 heterocycles. The Morgan fingerprint density at radius 3 is 2.58 bits per heavy atom. The highest BCUT2D eigenvalue weighted by Crippen LogP contribution is 2.22. The van der Waals surface area contributed by atoms with Crippen molar-refractivity contribution in [3.8, 4) is 5.75 Å². The molecule has 1 aromatic carbocycles. The van der Waals surface area contributed by atoms with E-state index in [9.17, 15) is 9.59 Å². The summed E-state index contributed by atoms with van der Waals surface area (Å²) in [5, 5.41) is 1.90. The average molecular weight is 373 g/mol. The van der Waals surface area contributed by atoms with E-state index in [1.165, 1.54) is 0 Å². The smallest absolute Gasteiger partial charge is 0.297 e. The molecular formula is C18H19N3O4S. The second-order valence-corrected chi connectivity index (χ2v) is 6.78. The first-order chi connectivity index (χ1) is 12.4. The number of ether oxygens (including phenoxy) is 1. The highest BCUT2D eigenvalue weighted by atomic mass is 32.2. The SMILES string of the molecule is Cc1nc(N(C)CCOc2ccc(C=C3NC(=O)SC3=O)cc2)oc1C. The number of carbonyl (C=O) groups is 2. The normalized spacial score (nSPS) is 15.4. The Hall–Kier alpha value is -2.74. The Morgan fingerprint density at radius 2 is 2.00 bits per heavy atom. The van der Waals surface area contributed by atoms with Crippen molar-refractivity contribution < 1.29 is 18.7 Å². The number of aromatic nitrogens is 1. The summed E-state index contributed by atoms with van der Waals surface area (Å²) in [5.41, 5.74) is 1.99. The first-order valence-electron chi connectivity index (χ1n) is 8.05. The largest absolute Gasteiger partial charge is 0.492 e. The van der Waals surface area contributed by atoms with Crippen LogP contribution in [0.1, 0.15) is 17.0 Å². The summed E-state index contributed by atoms with van der Waals surface area (Å²) in [6, 6.07) is 7.87. The molecule has 1 N–H and O–H groups in total. The van der Waals surface area contributed by atoms with Crippen LogP contribution in [0.4, 0.5) is 10.8 Å². The van der Waals surface area contributed by atoms with Crippen LogP contribution in [0, 0.1) is 13.8 Å². The van der Waals surface area contributed by atoms with Crippen molar-refractivity contribution in [2.75, 3.05) is 25.1 Å².